The molecule has 0 N–H and O–H groups in total. The molecule has 2 aliphatic rings. The minimum atomic E-state index is -1.16. The number of allylic oxidation sites excluding steroid dienone is 2. The maximum absolute atomic E-state index is 12.9. The fourth-order valence-electron chi connectivity index (χ4n) is 3.72. The van der Waals surface area contributed by atoms with E-state index in [2.05, 4.69) is 0 Å². The second-order valence-electron chi connectivity index (χ2n) is 7.10. The SMILES string of the molecule is CC1=C(C)C[C@@H](C(=O)N2CCN(C(=O)c3ccco3)CC2)[C@H](C(=O)[O-])C1. The van der Waals surface area contributed by atoms with Gasteiger partial charge in [-0.1, -0.05) is 11.1 Å². The zero-order valence-corrected chi connectivity index (χ0v) is 15.1. The standard InChI is InChI=1S/C19H24N2O5/c1-12-10-14(15(19(24)25)11-13(12)2)17(22)20-5-7-21(8-6-20)18(23)16-4-3-9-26-16/h3-4,9,14-15H,5-8,10-11H2,1-2H3,(H,24,25)/p-1/t14-,15-/m1/s1. The van der Waals surface area contributed by atoms with Crippen LogP contribution in [-0.2, 0) is 9.59 Å². The van der Waals surface area contributed by atoms with Gasteiger partial charge >= 0.3 is 0 Å². The lowest BCUT2D eigenvalue weighted by atomic mass is 9.76. The Kier molecular flexibility index (Phi) is 5.15. The number of carbonyl (C=O) groups excluding carboxylic acids is 3. The molecule has 0 radical (unpaired) electrons. The number of rotatable bonds is 3. The van der Waals surface area contributed by atoms with Gasteiger partial charge in [-0.25, -0.2) is 0 Å². The Balaban J connectivity index is 1.64. The molecule has 3 rings (SSSR count). The summed E-state index contributed by atoms with van der Waals surface area (Å²) in [5.74, 6) is -2.60. The van der Waals surface area contributed by atoms with Crippen LogP contribution in [0, 0.1) is 11.8 Å². The van der Waals surface area contributed by atoms with Crippen LogP contribution in [0.2, 0.25) is 0 Å². The van der Waals surface area contributed by atoms with E-state index < -0.39 is 17.8 Å². The quantitative estimate of drug-likeness (QED) is 0.740. The number of aliphatic carboxylic acids is 1. The molecule has 0 bridgehead atoms. The third-order valence-electron chi connectivity index (χ3n) is 5.50. The molecule has 1 fully saturated rings. The Morgan fingerprint density at radius 1 is 1.00 bits per heavy atom. The van der Waals surface area contributed by atoms with Gasteiger partial charge in [-0.2, -0.15) is 0 Å². The number of carboxylic acid groups (broad SMARTS) is 1. The number of hydrogen-bond acceptors (Lipinski definition) is 5. The van der Waals surface area contributed by atoms with E-state index in [1.165, 1.54) is 6.26 Å². The maximum Gasteiger partial charge on any atom is 0.289 e. The van der Waals surface area contributed by atoms with Crippen LogP contribution in [0.25, 0.3) is 0 Å². The molecular weight excluding hydrogens is 336 g/mol. The first-order valence-corrected chi connectivity index (χ1v) is 8.86. The highest BCUT2D eigenvalue weighted by Gasteiger charge is 2.37. The van der Waals surface area contributed by atoms with Crippen molar-refractivity contribution in [3.05, 3.63) is 35.3 Å². The summed E-state index contributed by atoms with van der Waals surface area (Å²) in [6, 6.07) is 3.28. The van der Waals surface area contributed by atoms with Crippen LogP contribution in [0.15, 0.2) is 34.0 Å². The fraction of sp³-hybridized carbons (Fsp3) is 0.526. The molecule has 2 amide bonds. The Morgan fingerprint density at radius 3 is 2.12 bits per heavy atom. The van der Waals surface area contributed by atoms with Gasteiger partial charge in [0.1, 0.15) is 0 Å². The number of carboxylic acids is 1. The zero-order chi connectivity index (χ0) is 18.8. The van der Waals surface area contributed by atoms with E-state index in [0.29, 0.717) is 39.0 Å². The number of nitrogens with zero attached hydrogens (tertiary/aromatic N) is 2. The Labute approximate surface area is 152 Å². The van der Waals surface area contributed by atoms with Crippen molar-refractivity contribution in [3.8, 4) is 0 Å². The molecule has 7 heteroatoms. The number of hydrogen-bond donors (Lipinski definition) is 0. The second kappa shape index (κ2) is 7.35. The topological polar surface area (TPSA) is 93.9 Å². The highest BCUT2D eigenvalue weighted by atomic mass is 16.4. The molecule has 0 unspecified atom stereocenters. The van der Waals surface area contributed by atoms with Gasteiger partial charge in [0.05, 0.1) is 12.2 Å². The predicted molar refractivity (Wildman–Crippen MR) is 90.8 cm³/mol. The van der Waals surface area contributed by atoms with Crippen molar-refractivity contribution >= 4 is 17.8 Å². The van der Waals surface area contributed by atoms with E-state index in [-0.39, 0.29) is 17.6 Å². The molecule has 0 aromatic carbocycles. The summed E-state index contributed by atoms with van der Waals surface area (Å²) < 4.78 is 5.13. The molecule has 26 heavy (non-hydrogen) atoms. The molecule has 0 saturated carbocycles. The molecule has 7 nitrogen and oxygen atoms in total. The summed E-state index contributed by atoms with van der Waals surface area (Å²) in [4.78, 5) is 40.0. The number of furan rings is 1. The Hall–Kier alpha value is -2.57. The smallest absolute Gasteiger partial charge is 0.289 e. The van der Waals surface area contributed by atoms with Gasteiger partial charge in [-0.05, 0) is 38.8 Å². The van der Waals surface area contributed by atoms with Crippen LogP contribution in [0.1, 0.15) is 37.2 Å². The molecule has 1 aliphatic heterocycles. The lowest BCUT2D eigenvalue weighted by molar-refractivity contribution is -0.313. The van der Waals surface area contributed by atoms with Gasteiger partial charge in [0.15, 0.2) is 5.76 Å². The zero-order valence-electron chi connectivity index (χ0n) is 15.1. The first-order valence-electron chi connectivity index (χ1n) is 8.86. The van der Waals surface area contributed by atoms with Crippen LogP contribution >= 0.6 is 0 Å². The summed E-state index contributed by atoms with van der Waals surface area (Å²) in [6.45, 7) is 5.45. The van der Waals surface area contributed by atoms with Crippen LogP contribution in [0.4, 0.5) is 0 Å². The van der Waals surface area contributed by atoms with Gasteiger partial charge in [0, 0.05) is 38.1 Å². The van der Waals surface area contributed by atoms with Crippen LogP contribution in [0.5, 0.6) is 0 Å². The molecule has 1 aromatic heterocycles. The van der Waals surface area contributed by atoms with Crippen LogP contribution < -0.4 is 5.11 Å². The number of amides is 2. The summed E-state index contributed by atoms with van der Waals surface area (Å²) in [5.41, 5.74) is 2.10. The van der Waals surface area contributed by atoms with Gasteiger partial charge in [-0.15, -0.1) is 0 Å². The maximum atomic E-state index is 12.9. The van der Waals surface area contributed by atoms with E-state index in [4.69, 9.17) is 4.42 Å². The third-order valence-corrected chi connectivity index (χ3v) is 5.50. The molecular formula is C19H23N2O5-. The molecule has 2 atom stereocenters. The largest absolute Gasteiger partial charge is 0.550 e. The van der Waals surface area contributed by atoms with Crippen molar-refractivity contribution in [1.29, 1.82) is 0 Å². The third kappa shape index (κ3) is 3.52. The number of piperazine rings is 1. The minimum absolute atomic E-state index is 0.156. The van der Waals surface area contributed by atoms with Crippen molar-refractivity contribution in [2.45, 2.75) is 26.7 Å². The van der Waals surface area contributed by atoms with E-state index >= 15 is 0 Å². The fourth-order valence-corrected chi connectivity index (χ4v) is 3.72. The Morgan fingerprint density at radius 2 is 1.58 bits per heavy atom. The van der Waals surface area contributed by atoms with Crippen LogP contribution in [0.3, 0.4) is 0 Å². The molecule has 2 heterocycles. The van der Waals surface area contributed by atoms with Crippen molar-refractivity contribution in [1.82, 2.24) is 9.80 Å². The Bertz CT molecular complexity index is 729. The lowest BCUT2D eigenvalue weighted by Crippen LogP contribution is -2.54. The highest BCUT2D eigenvalue weighted by molar-refractivity contribution is 5.91. The summed E-state index contributed by atoms with van der Waals surface area (Å²) in [7, 11) is 0. The normalized spacial score (nSPS) is 23.9. The molecule has 1 saturated heterocycles. The highest BCUT2D eigenvalue weighted by Crippen LogP contribution is 2.35. The lowest BCUT2D eigenvalue weighted by Gasteiger charge is -2.39. The van der Waals surface area contributed by atoms with Gasteiger partial charge in [0.2, 0.25) is 5.91 Å². The molecule has 1 aliphatic carbocycles. The van der Waals surface area contributed by atoms with E-state index in [9.17, 15) is 19.5 Å². The van der Waals surface area contributed by atoms with Gasteiger partial charge in [0.25, 0.3) is 5.91 Å². The average Bonchev–Trinajstić information content (AvgIpc) is 3.17. The van der Waals surface area contributed by atoms with Gasteiger partial charge < -0.3 is 24.1 Å². The molecule has 1 aromatic rings. The molecule has 140 valence electrons. The molecule has 0 spiro atoms. The number of carbonyl (C=O) groups is 3. The van der Waals surface area contributed by atoms with Crippen molar-refractivity contribution in [2.75, 3.05) is 26.2 Å². The van der Waals surface area contributed by atoms with Gasteiger partial charge in [-0.3, -0.25) is 9.59 Å². The van der Waals surface area contributed by atoms with Crippen molar-refractivity contribution in [3.63, 3.8) is 0 Å². The average molecular weight is 359 g/mol. The second-order valence-corrected chi connectivity index (χ2v) is 7.10. The monoisotopic (exact) mass is 359 g/mol. The minimum Gasteiger partial charge on any atom is -0.550 e. The summed E-state index contributed by atoms with van der Waals surface area (Å²) in [6.07, 6.45) is 2.27. The van der Waals surface area contributed by atoms with E-state index in [0.717, 1.165) is 11.1 Å². The van der Waals surface area contributed by atoms with Crippen molar-refractivity contribution in [2.24, 2.45) is 11.8 Å². The summed E-state index contributed by atoms with van der Waals surface area (Å²) in [5, 5.41) is 11.5. The van der Waals surface area contributed by atoms with Crippen molar-refractivity contribution < 1.29 is 23.9 Å². The first-order chi connectivity index (χ1) is 12.4. The first kappa shape index (κ1) is 18.2. The summed E-state index contributed by atoms with van der Waals surface area (Å²) >= 11 is 0. The predicted octanol–water partition coefficient (Wildman–Crippen LogP) is 0.677. The van der Waals surface area contributed by atoms with Crippen LogP contribution in [-0.4, -0.2) is 53.8 Å². The van der Waals surface area contributed by atoms with E-state index in [1.807, 2.05) is 13.8 Å². The van der Waals surface area contributed by atoms with E-state index in [1.54, 1.807) is 21.9 Å².